The van der Waals surface area contributed by atoms with Crippen molar-refractivity contribution in [1.82, 2.24) is 20.8 Å². The quantitative estimate of drug-likeness (QED) is 0.0731. The molecule has 0 saturated heterocycles. The number of aliphatic imine (C=N–C) groups is 1. The Morgan fingerprint density at radius 1 is 1.12 bits per heavy atom. The van der Waals surface area contributed by atoms with E-state index in [1.54, 1.807) is 24.3 Å². The first kappa shape index (κ1) is 37.8. The molecule has 49 heavy (non-hydrogen) atoms. The molecular weight excluding hydrogens is 622 g/mol. The van der Waals surface area contributed by atoms with Crippen LogP contribution in [0, 0.1) is 31.1 Å². The summed E-state index contributed by atoms with van der Waals surface area (Å²) >= 11 is 0. The van der Waals surface area contributed by atoms with Gasteiger partial charge in [0.2, 0.25) is 17.7 Å². The molecule has 2 amide bonds. The number of phenols is 1. The molecule has 4 rings (SSSR count). The zero-order valence-corrected chi connectivity index (χ0v) is 29.4. The van der Waals surface area contributed by atoms with Gasteiger partial charge in [-0.15, -0.1) is 0 Å². The van der Waals surface area contributed by atoms with Crippen LogP contribution in [0.15, 0.2) is 27.7 Å². The molecule has 2 aromatic rings. The molecule has 0 spiro atoms. The fourth-order valence-electron chi connectivity index (χ4n) is 7.94. The van der Waals surface area contributed by atoms with Gasteiger partial charge in [-0.3, -0.25) is 14.6 Å². The van der Waals surface area contributed by atoms with Crippen molar-refractivity contribution in [3.63, 3.8) is 0 Å². The van der Waals surface area contributed by atoms with Crippen molar-refractivity contribution in [2.45, 2.75) is 116 Å². The summed E-state index contributed by atoms with van der Waals surface area (Å²) in [6, 6.07) is 0.781. The molecule has 2 aliphatic rings. The highest BCUT2D eigenvalue weighted by Crippen LogP contribution is 2.52. The molecule has 3 unspecified atom stereocenters. The number of guanidine groups is 1. The normalized spacial score (nSPS) is 22.3. The number of unbranched alkanes of at least 4 members (excludes halogenated alkanes) is 1. The van der Waals surface area contributed by atoms with E-state index in [2.05, 4.69) is 27.7 Å². The first-order valence-corrected chi connectivity index (χ1v) is 17.8. The van der Waals surface area contributed by atoms with Crippen LogP contribution in [0.4, 0.5) is 0 Å². The number of benzene rings is 1. The van der Waals surface area contributed by atoms with Gasteiger partial charge in [-0.25, -0.2) is 0 Å². The zero-order chi connectivity index (χ0) is 35.6. The van der Waals surface area contributed by atoms with Gasteiger partial charge < -0.3 is 43.2 Å². The van der Waals surface area contributed by atoms with Crippen LogP contribution in [0.2, 0.25) is 0 Å². The fourth-order valence-corrected chi connectivity index (χ4v) is 7.94. The molecule has 13 heteroatoms. The van der Waals surface area contributed by atoms with E-state index in [1.807, 2.05) is 13.8 Å². The molecule has 1 heterocycles. The lowest BCUT2D eigenvalue weighted by Crippen LogP contribution is -2.51. The van der Waals surface area contributed by atoms with E-state index >= 15 is 0 Å². The molecule has 0 radical (unpaired) electrons. The Bertz CT molecular complexity index is 1440. The van der Waals surface area contributed by atoms with Gasteiger partial charge in [-0.1, -0.05) is 37.1 Å². The lowest BCUT2D eigenvalue weighted by molar-refractivity contribution is -0.129. The number of carbonyl (C=O) groups excluding carboxylic acids is 2. The van der Waals surface area contributed by atoms with Crippen LogP contribution in [-0.2, 0) is 16.0 Å². The van der Waals surface area contributed by atoms with E-state index in [0.717, 1.165) is 41.9 Å². The van der Waals surface area contributed by atoms with E-state index < -0.39 is 29.9 Å². The van der Waals surface area contributed by atoms with E-state index in [4.69, 9.17) is 32.4 Å². The number of nitrogens with zero attached hydrogens (tertiary/aromatic N) is 3. The zero-order valence-electron chi connectivity index (χ0n) is 29.4. The van der Waals surface area contributed by atoms with Crippen molar-refractivity contribution in [1.29, 1.82) is 0 Å². The van der Waals surface area contributed by atoms with Gasteiger partial charge in [0.1, 0.15) is 17.8 Å². The van der Waals surface area contributed by atoms with Crippen molar-refractivity contribution < 1.29 is 19.2 Å². The third-order valence-electron chi connectivity index (χ3n) is 10.1. The van der Waals surface area contributed by atoms with Crippen LogP contribution in [-0.4, -0.2) is 58.2 Å². The number of hydrogen-bond donors (Lipinski definition) is 7. The minimum atomic E-state index is -1.06. The Labute approximate surface area is 290 Å². The SMILES string of the molecule is Cc1cc(O)cc(C)c1/C=C/[C@H](NC(=O)[C@H](N)CCCN=C(N)N)C(=O)N[C@@H](CCCCN)c1nc(CC23CCCC(CC(C)C2)C3)no1. The number of amides is 2. The summed E-state index contributed by atoms with van der Waals surface area (Å²) in [5.74, 6) is 1.68. The number of phenolic OH excluding ortho intramolecular Hbond substituents is 1. The average molecular weight is 680 g/mol. The van der Waals surface area contributed by atoms with Crippen LogP contribution in [0.5, 0.6) is 5.75 Å². The number of aryl methyl sites for hydroxylation is 2. The van der Waals surface area contributed by atoms with Crippen LogP contribution >= 0.6 is 0 Å². The number of fused-ring (bicyclic) bond motifs is 2. The van der Waals surface area contributed by atoms with Crippen LogP contribution < -0.4 is 33.6 Å². The molecule has 11 N–H and O–H groups in total. The van der Waals surface area contributed by atoms with E-state index in [9.17, 15) is 14.7 Å². The molecule has 6 atom stereocenters. The van der Waals surface area contributed by atoms with Gasteiger partial charge in [-0.2, -0.15) is 4.98 Å². The molecule has 2 aliphatic carbocycles. The summed E-state index contributed by atoms with van der Waals surface area (Å²) in [6.07, 6.45) is 14.5. The Balaban J connectivity index is 1.53. The summed E-state index contributed by atoms with van der Waals surface area (Å²) in [5, 5.41) is 20.3. The second kappa shape index (κ2) is 17.6. The minimum Gasteiger partial charge on any atom is -0.508 e. The molecule has 2 saturated carbocycles. The van der Waals surface area contributed by atoms with Crippen LogP contribution in [0.3, 0.4) is 0 Å². The number of carbonyl (C=O) groups is 2. The van der Waals surface area contributed by atoms with E-state index in [1.165, 1.54) is 38.5 Å². The summed E-state index contributed by atoms with van der Waals surface area (Å²) in [4.78, 5) is 36.0. The van der Waals surface area contributed by atoms with Gasteiger partial charge in [0.15, 0.2) is 11.8 Å². The number of hydrogen-bond acceptors (Lipinski definition) is 9. The number of aromatic hydroxyl groups is 1. The van der Waals surface area contributed by atoms with Crippen molar-refractivity contribution in [2.24, 2.45) is 45.2 Å². The molecule has 1 aromatic carbocycles. The second-order valence-corrected chi connectivity index (χ2v) is 14.5. The number of nitrogens with one attached hydrogen (secondary N) is 2. The Morgan fingerprint density at radius 3 is 2.59 bits per heavy atom. The summed E-state index contributed by atoms with van der Waals surface area (Å²) < 4.78 is 5.82. The van der Waals surface area contributed by atoms with E-state index in [0.29, 0.717) is 50.0 Å². The highest BCUT2D eigenvalue weighted by Gasteiger charge is 2.43. The van der Waals surface area contributed by atoms with Crippen molar-refractivity contribution in [2.75, 3.05) is 13.1 Å². The largest absolute Gasteiger partial charge is 0.508 e. The predicted molar refractivity (Wildman–Crippen MR) is 191 cm³/mol. The van der Waals surface area contributed by atoms with E-state index in [-0.39, 0.29) is 17.1 Å². The maximum atomic E-state index is 14.0. The minimum absolute atomic E-state index is 0.0278. The number of rotatable bonds is 17. The van der Waals surface area contributed by atoms with Gasteiger partial charge >= 0.3 is 0 Å². The third kappa shape index (κ3) is 11.0. The number of nitrogens with two attached hydrogens (primary N) is 4. The lowest BCUT2D eigenvalue weighted by atomic mass is 9.58. The van der Waals surface area contributed by atoms with Gasteiger partial charge in [-0.05, 0) is 124 Å². The Morgan fingerprint density at radius 2 is 1.88 bits per heavy atom. The van der Waals surface area contributed by atoms with Crippen molar-refractivity contribution in [3.05, 3.63) is 46.6 Å². The molecular formula is C36H57N9O4. The Hall–Kier alpha value is -3.97. The summed E-state index contributed by atoms with van der Waals surface area (Å²) in [6.45, 7) is 6.95. The molecule has 1 aromatic heterocycles. The highest BCUT2D eigenvalue weighted by molar-refractivity contribution is 5.92. The van der Waals surface area contributed by atoms with Gasteiger partial charge in [0, 0.05) is 13.0 Å². The lowest BCUT2D eigenvalue weighted by Gasteiger charge is -2.47. The van der Waals surface area contributed by atoms with Gasteiger partial charge in [0.25, 0.3) is 0 Å². The molecule has 0 aliphatic heterocycles. The second-order valence-electron chi connectivity index (χ2n) is 14.5. The predicted octanol–water partition coefficient (Wildman–Crippen LogP) is 3.41. The van der Waals surface area contributed by atoms with Gasteiger partial charge in [0.05, 0.1) is 6.04 Å². The average Bonchev–Trinajstić information content (AvgIpc) is 3.48. The topological polar surface area (TPSA) is 234 Å². The number of aromatic nitrogens is 2. The van der Waals surface area contributed by atoms with Crippen molar-refractivity contribution in [3.8, 4) is 5.75 Å². The summed E-state index contributed by atoms with van der Waals surface area (Å²) in [7, 11) is 0. The fraction of sp³-hybridized carbons (Fsp3) is 0.639. The maximum Gasteiger partial charge on any atom is 0.249 e. The standard InChI is InChI=1S/C36H57N9O4/c1-22-16-25-8-6-13-36(19-22,20-25)21-31-44-34(49-45-31)30(10-4-5-14-37)43-33(48)29(12-11-27-23(2)17-26(46)18-24(27)3)42-32(47)28(38)9-7-15-41-35(39)40/h11-12,17-18,22,25,28-30,46H,4-10,13-16,19-21,37-38H2,1-3H3,(H,42,47)(H,43,48)(H4,39,40,41)/b12-11+/t22?,25?,28-,29+,30+,36?/m1/s1. The molecule has 2 fully saturated rings. The first-order valence-electron chi connectivity index (χ1n) is 17.8. The molecule has 270 valence electrons. The monoisotopic (exact) mass is 679 g/mol. The summed E-state index contributed by atoms with van der Waals surface area (Å²) in [5.41, 5.74) is 25.5. The molecule has 13 nitrogen and oxygen atoms in total. The maximum absolute atomic E-state index is 14.0. The molecule has 2 bridgehead atoms. The van der Waals surface area contributed by atoms with Crippen LogP contribution in [0.25, 0.3) is 6.08 Å². The highest BCUT2D eigenvalue weighted by atomic mass is 16.5. The third-order valence-corrected chi connectivity index (χ3v) is 10.1. The first-order chi connectivity index (χ1) is 23.4. The van der Waals surface area contributed by atoms with Crippen LogP contribution in [0.1, 0.15) is 112 Å². The Kier molecular flexibility index (Phi) is 13.6. The van der Waals surface area contributed by atoms with Crippen molar-refractivity contribution >= 4 is 23.8 Å². The smallest absolute Gasteiger partial charge is 0.249 e.